The van der Waals surface area contributed by atoms with Gasteiger partial charge in [0.05, 0.1) is 6.61 Å². The number of carbonyl (C=O) groups excluding carboxylic acids is 1. The van der Waals surface area contributed by atoms with Gasteiger partial charge in [-0.25, -0.2) is 4.98 Å². The van der Waals surface area contributed by atoms with E-state index in [1.165, 1.54) is 12.1 Å². The van der Waals surface area contributed by atoms with Crippen LogP contribution in [0.3, 0.4) is 0 Å². The number of aliphatic hydroxyl groups excluding tert-OH is 1. The normalized spacial score (nSPS) is 16.6. The summed E-state index contributed by atoms with van der Waals surface area (Å²) in [5.74, 6) is -0.254. The zero-order valence-corrected chi connectivity index (χ0v) is 10.6. The van der Waals surface area contributed by atoms with Crippen LogP contribution in [0.5, 0.6) is 0 Å². The number of amides is 1. The molecule has 2 rings (SSSR count). The van der Waals surface area contributed by atoms with Gasteiger partial charge in [0, 0.05) is 17.5 Å². The summed E-state index contributed by atoms with van der Waals surface area (Å²) in [6, 6.07) is 2.92. The Labute approximate surface area is 109 Å². The number of halogens is 2. The van der Waals surface area contributed by atoms with E-state index < -0.39 is 0 Å². The summed E-state index contributed by atoms with van der Waals surface area (Å²) in [4.78, 5) is 15.6. The summed E-state index contributed by atoms with van der Waals surface area (Å²) in [6.07, 6.45) is 1.89. The quantitative estimate of drug-likeness (QED) is 0.825. The molecular weight excluding hydrogens is 263 g/mol. The molecule has 0 unspecified atom stereocenters. The van der Waals surface area contributed by atoms with Gasteiger partial charge in [-0.3, -0.25) is 4.79 Å². The number of nitrogens with one attached hydrogen (secondary N) is 1. The minimum Gasteiger partial charge on any atom is -0.396 e. The maximum atomic E-state index is 11.8. The van der Waals surface area contributed by atoms with Crippen molar-refractivity contribution in [2.75, 3.05) is 13.2 Å². The van der Waals surface area contributed by atoms with Crippen LogP contribution in [0.1, 0.15) is 23.2 Å². The van der Waals surface area contributed by atoms with Crippen molar-refractivity contribution in [2.24, 2.45) is 5.41 Å². The maximum Gasteiger partial charge on any atom is 0.251 e. The average Bonchev–Trinajstić information content (AvgIpc) is 3.05. The van der Waals surface area contributed by atoms with Crippen LogP contribution in [0.15, 0.2) is 12.1 Å². The van der Waals surface area contributed by atoms with E-state index in [-0.39, 0.29) is 28.2 Å². The van der Waals surface area contributed by atoms with Crippen LogP contribution in [0.25, 0.3) is 0 Å². The lowest BCUT2D eigenvalue weighted by atomic mass is 10.1. The number of carbonyl (C=O) groups is 1. The van der Waals surface area contributed by atoms with Gasteiger partial charge in [-0.1, -0.05) is 23.2 Å². The lowest BCUT2D eigenvalue weighted by molar-refractivity contribution is 0.0935. The lowest BCUT2D eigenvalue weighted by Gasteiger charge is -2.12. The molecule has 2 N–H and O–H groups in total. The summed E-state index contributed by atoms with van der Waals surface area (Å²) in [7, 11) is 0. The number of nitrogens with zero attached hydrogens (tertiary/aromatic N) is 1. The molecule has 4 nitrogen and oxygen atoms in total. The molecule has 1 saturated carbocycles. The predicted octanol–water partition coefficient (Wildman–Crippen LogP) is 1.89. The SMILES string of the molecule is O=C(NCC1(CO)CC1)c1cc(Cl)nc(Cl)c1. The van der Waals surface area contributed by atoms with Crippen LogP contribution in [0.4, 0.5) is 0 Å². The highest BCUT2D eigenvalue weighted by Crippen LogP contribution is 2.44. The standard InChI is InChI=1S/C11H12Cl2N2O2/c12-8-3-7(4-9(13)15-8)10(17)14-5-11(6-16)1-2-11/h3-4,16H,1-2,5-6H2,(H,14,17). The fourth-order valence-electron chi connectivity index (χ4n) is 1.53. The van der Waals surface area contributed by atoms with Crippen molar-refractivity contribution in [3.05, 3.63) is 28.0 Å². The summed E-state index contributed by atoms with van der Waals surface area (Å²) >= 11 is 11.4. The molecular formula is C11H12Cl2N2O2. The second-order valence-corrected chi connectivity index (χ2v) is 5.12. The van der Waals surface area contributed by atoms with Gasteiger partial charge in [0.15, 0.2) is 0 Å². The molecule has 0 bridgehead atoms. The van der Waals surface area contributed by atoms with Gasteiger partial charge < -0.3 is 10.4 Å². The average molecular weight is 275 g/mol. The van der Waals surface area contributed by atoms with Gasteiger partial charge >= 0.3 is 0 Å². The van der Waals surface area contributed by atoms with Gasteiger partial charge in [-0.05, 0) is 25.0 Å². The smallest absolute Gasteiger partial charge is 0.251 e. The van der Waals surface area contributed by atoms with Crippen molar-refractivity contribution < 1.29 is 9.90 Å². The van der Waals surface area contributed by atoms with E-state index in [1.807, 2.05) is 0 Å². The molecule has 0 aromatic carbocycles. The van der Waals surface area contributed by atoms with Crippen LogP contribution in [-0.4, -0.2) is 29.1 Å². The van der Waals surface area contributed by atoms with Crippen LogP contribution in [0, 0.1) is 5.41 Å². The molecule has 0 spiro atoms. The van der Waals surface area contributed by atoms with Crippen LogP contribution < -0.4 is 5.32 Å². The first-order chi connectivity index (χ1) is 8.04. The third-order valence-electron chi connectivity index (χ3n) is 2.94. The molecule has 1 amide bonds. The number of hydrogen-bond donors (Lipinski definition) is 2. The van der Waals surface area contributed by atoms with Crippen molar-refractivity contribution in [3.63, 3.8) is 0 Å². The van der Waals surface area contributed by atoms with Gasteiger partial charge in [-0.15, -0.1) is 0 Å². The molecule has 1 aliphatic rings. The van der Waals surface area contributed by atoms with E-state index >= 15 is 0 Å². The van der Waals surface area contributed by atoms with E-state index in [1.54, 1.807) is 0 Å². The van der Waals surface area contributed by atoms with E-state index in [2.05, 4.69) is 10.3 Å². The molecule has 0 atom stereocenters. The highest BCUT2D eigenvalue weighted by Gasteiger charge is 2.42. The number of pyridine rings is 1. The van der Waals surface area contributed by atoms with Gasteiger partial charge in [-0.2, -0.15) is 0 Å². The summed E-state index contributed by atoms with van der Waals surface area (Å²) in [5.41, 5.74) is 0.264. The third kappa shape index (κ3) is 3.09. The monoisotopic (exact) mass is 274 g/mol. The van der Waals surface area contributed by atoms with Crippen LogP contribution in [0.2, 0.25) is 10.3 Å². The number of rotatable bonds is 4. The molecule has 1 aromatic heterocycles. The van der Waals surface area contributed by atoms with Gasteiger partial charge in [0.1, 0.15) is 10.3 Å². The van der Waals surface area contributed by atoms with Gasteiger partial charge in [0.25, 0.3) is 5.91 Å². The fraction of sp³-hybridized carbons (Fsp3) is 0.455. The largest absolute Gasteiger partial charge is 0.396 e. The molecule has 1 heterocycles. The Kier molecular flexibility index (Phi) is 3.56. The minimum atomic E-state index is -0.254. The van der Waals surface area contributed by atoms with Crippen molar-refractivity contribution in [2.45, 2.75) is 12.8 Å². The zero-order chi connectivity index (χ0) is 12.5. The highest BCUT2D eigenvalue weighted by molar-refractivity contribution is 6.33. The highest BCUT2D eigenvalue weighted by atomic mass is 35.5. The Morgan fingerprint density at radius 1 is 1.41 bits per heavy atom. The van der Waals surface area contributed by atoms with Crippen molar-refractivity contribution >= 4 is 29.1 Å². The second-order valence-electron chi connectivity index (χ2n) is 4.34. The first kappa shape index (κ1) is 12.6. The molecule has 0 aliphatic heterocycles. The van der Waals surface area contributed by atoms with Crippen molar-refractivity contribution in [1.82, 2.24) is 10.3 Å². The van der Waals surface area contributed by atoms with Crippen LogP contribution in [-0.2, 0) is 0 Å². The molecule has 1 aliphatic carbocycles. The Morgan fingerprint density at radius 2 is 2.00 bits per heavy atom. The van der Waals surface area contributed by atoms with Crippen LogP contribution >= 0.6 is 23.2 Å². The molecule has 92 valence electrons. The zero-order valence-electron chi connectivity index (χ0n) is 9.04. The molecule has 1 aromatic rings. The summed E-state index contributed by atoms with van der Waals surface area (Å²) < 4.78 is 0. The molecule has 17 heavy (non-hydrogen) atoms. The Balaban J connectivity index is 1.99. The second kappa shape index (κ2) is 4.80. The Morgan fingerprint density at radius 3 is 2.47 bits per heavy atom. The molecule has 0 radical (unpaired) electrons. The molecule has 6 heteroatoms. The molecule has 1 fully saturated rings. The maximum absolute atomic E-state index is 11.8. The van der Waals surface area contributed by atoms with E-state index in [0.29, 0.717) is 12.1 Å². The summed E-state index contributed by atoms with van der Waals surface area (Å²) in [6.45, 7) is 0.574. The van der Waals surface area contributed by atoms with E-state index in [4.69, 9.17) is 28.3 Å². The Hall–Kier alpha value is -0.840. The Bertz CT molecular complexity index is 427. The van der Waals surface area contributed by atoms with E-state index in [9.17, 15) is 4.79 Å². The number of aromatic nitrogens is 1. The van der Waals surface area contributed by atoms with E-state index in [0.717, 1.165) is 12.8 Å². The molecule has 0 saturated heterocycles. The number of hydrogen-bond acceptors (Lipinski definition) is 3. The van der Waals surface area contributed by atoms with Crippen molar-refractivity contribution in [3.8, 4) is 0 Å². The predicted molar refractivity (Wildman–Crippen MR) is 65.3 cm³/mol. The first-order valence-corrected chi connectivity index (χ1v) is 6.02. The van der Waals surface area contributed by atoms with Gasteiger partial charge in [0.2, 0.25) is 0 Å². The summed E-state index contributed by atoms with van der Waals surface area (Å²) in [5, 5.41) is 12.3. The first-order valence-electron chi connectivity index (χ1n) is 5.27. The topological polar surface area (TPSA) is 62.2 Å². The third-order valence-corrected chi connectivity index (χ3v) is 3.33. The number of aliphatic hydroxyl groups is 1. The lowest BCUT2D eigenvalue weighted by Crippen LogP contribution is -2.31. The minimum absolute atomic E-state index is 0.102. The fourth-order valence-corrected chi connectivity index (χ4v) is 1.99. The van der Waals surface area contributed by atoms with Crippen molar-refractivity contribution in [1.29, 1.82) is 0 Å².